The zero-order chi connectivity index (χ0) is 14.4. The Morgan fingerprint density at radius 2 is 2.35 bits per heavy atom. The van der Waals surface area contributed by atoms with E-state index in [2.05, 4.69) is 27.4 Å². The highest BCUT2D eigenvalue weighted by Gasteiger charge is 2.11. The van der Waals surface area contributed by atoms with Crippen LogP contribution in [0.15, 0.2) is 30.5 Å². The predicted octanol–water partition coefficient (Wildman–Crippen LogP) is 0.981. The van der Waals surface area contributed by atoms with Gasteiger partial charge >= 0.3 is 0 Å². The summed E-state index contributed by atoms with van der Waals surface area (Å²) in [6.45, 7) is 0.280. The highest BCUT2D eigenvalue weighted by atomic mass is 16.5. The number of anilines is 1. The third-order valence-electron chi connectivity index (χ3n) is 2.53. The zero-order valence-electron chi connectivity index (χ0n) is 10.9. The molecule has 0 aliphatic rings. The molecule has 6 heteroatoms. The standard InChI is InChI=1S/C14H14N4O2/c1-20-13-5-4-10(3-2-7-15)9-12(13)17-14(19)11-6-8-16-18-11/h4-6,8-9H,7,15H2,1H3,(H,16,18)(H,17,19). The summed E-state index contributed by atoms with van der Waals surface area (Å²) >= 11 is 0. The summed E-state index contributed by atoms with van der Waals surface area (Å²) in [5.74, 6) is 5.91. The minimum absolute atomic E-state index is 0.280. The number of H-pyrrole nitrogens is 1. The van der Waals surface area contributed by atoms with Gasteiger partial charge in [-0.3, -0.25) is 9.89 Å². The van der Waals surface area contributed by atoms with Crippen molar-refractivity contribution in [3.8, 4) is 17.6 Å². The van der Waals surface area contributed by atoms with E-state index in [1.165, 1.54) is 13.3 Å². The molecule has 102 valence electrons. The van der Waals surface area contributed by atoms with Crippen molar-refractivity contribution >= 4 is 11.6 Å². The number of hydrogen-bond acceptors (Lipinski definition) is 4. The first-order chi connectivity index (χ1) is 9.74. The number of rotatable bonds is 3. The average Bonchev–Trinajstić information content (AvgIpc) is 2.99. The predicted molar refractivity (Wildman–Crippen MR) is 75.5 cm³/mol. The van der Waals surface area contributed by atoms with Crippen molar-refractivity contribution in [3.63, 3.8) is 0 Å². The molecule has 1 aromatic heterocycles. The summed E-state index contributed by atoms with van der Waals surface area (Å²) in [7, 11) is 1.53. The Balaban J connectivity index is 2.26. The molecule has 20 heavy (non-hydrogen) atoms. The largest absolute Gasteiger partial charge is 0.495 e. The van der Waals surface area contributed by atoms with Crippen LogP contribution in [0.25, 0.3) is 0 Å². The van der Waals surface area contributed by atoms with E-state index in [9.17, 15) is 4.79 Å². The fraction of sp³-hybridized carbons (Fsp3) is 0.143. The summed E-state index contributed by atoms with van der Waals surface area (Å²) in [4.78, 5) is 12.0. The van der Waals surface area contributed by atoms with E-state index in [0.29, 0.717) is 17.1 Å². The van der Waals surface area contributed by atoms with Crippen molar-refractivity contribution in [1.29, 1.82) is 0 Å². The minimum atomic E-state index is -0.301. The van der Waals surface area contributed by atoms with Crippen molar-refractivity contribution in [2.75, 3.05) is 19.0 Å². The third kappa shape index (κ3) is 3.16. The van der Waals surface area contributed by atoms with Crippen LogP contribution in [0.3, 0.4) is 0 Å². The number of carbonyl (C=O) groups is 1. The number of hydrogen-bond donors (Lipinski definition) is 3. The molecular formula is C14H14N4O2. The van der Waals surface area contributed by atoms with Gasteiger partial charge in [-0.1, -0.05) is 11.8 Å². The highest BCUT2D eigenvalue weighted by molar-refractivity contribution is 6.03. The van der Waals surface area contributed by atoms with Crippen LogP contribution < -0.4 is 15.8 Å². The number of amides is 1. The summed E-state index contributed by atoms with van der Waals surface area (Å²) < 4.78 is 5.21. The molecule has 1 aromatic carbocycles. The van der Waals surface area contributed by atoms with Crippen molar-refractivity contribution in [3.05, 3.63) is 41.7 Å². The Bertz CT molecular complexity index is 654. The number of aromatic amines is 1. The number of ether oxygens (including phenoxy) is 1. The molecule has 0 bridgehead atoms. The summed E-state index contributed by atoms with van der Waals surface area (Å²) in [5, 5.41) is 9.07. The van der Waals surface area contributed by atoms with Crippen LogP contribution >= 0.6 is 0 Å². The smallest absolute Gasteiger partial charge is 0.273 e. The minimum Gasteiger partial charge on any atom is -0.495 e. The molecule has 0 spiro atoms. The lowest BCUT2D eigenvalue weighted by atomic mass is 10.2. The molecule has 6 nitrogen and oxygen atoms in total. The molecule has 1 heterocycles. The number of nitrogens with one attached hydrogen (secondary N) is 2. The van der Waals surface area contributed by atoms with Gasteiger partial charge in [-0.25, -0.2) is 0 Å². The average molecular weight is 270 g/mol. The van der Waals surface area contributed by atoms with E-state index >= 15 is 0 Å². The number of nitrogens with two attached hydrogens (primary N) is 1. The third-order valence-corrected chi connectivity index (χ3v) is 2.53. The van der Waals surface area contributed by atoms with Gasteiger partial charge in [0.05, 0.1) is 19.3 Å². The van der Waals surface area contributed by atoms with Gasteiger partial charge in [-0.2, -0.15) is 5.10 Å². The number of benzene rings is 1. The van der Waals surface area contributed by atoms with Gasteiger partial charge in [-0.05, 0) is 24.3 Å². The zero-order valence-corrected chi connectivity index (χ0v) is 10.9. The molecule has 0 fully saturated rings. The highest BCUT2D eigenvalue weighted by Crippen LogP contribution is 2.25. The van der Waals surface area contributed by atoms with E-state index in [1.54, 1.807) is 24.3 Å². The quantitative estimate of drug-likeness (QED) is 0.725. The summed E-state index contributed by atoms with van der Waals surface area (Å²) in [6.07, 6.45) is 1.51. The van der Waals surface area contributed by atoms with Crippen LogP contribution in [0, 0.1) is 11.8 Å². The summed E-state index contributed by atoms with van der Waals surface area (Å²) in [5.41, 5.74) is 6.99. The maximum absolute atomic E-state index is 12.0. The van der Waals surface area contributed by atoms with E-state index in [4.69, 9.17) is 10.5 Å². The second-order valence-electron chi connectivity index (χ2n) is 3.85. The lowest BCUT2D eigenvalue weighted by molar-refractivity contribution is 0.102. The first kappa shape index (κ1) is 13.6. The van der Waals surface area contributed by atoms with Crippen LogP contribution in [0.1, 0.15) is 16.1 Å². The first-order valence-electron chi connectivity index (χ1n) is 5.92. The fourth-order valence-corrected chi connectivity index (χ4v) is 1.61. The lowest BCUT2D eigenvalue weighted by Gasteiger charge is -2.09. The molecule has 0 atom stereocenters. The first-order valence-corrected chi connectivity index (χ1v) is 5.92. The van der Waals surface area contributed by atoms with E-state index in [0.717, 1.165) is 5.56 Å². The number of methoxy groups -OCH3 is 1. The lowest BCUT2D eigenvalue weighted by Crippen LogP contribution is -2.13. The Morgan fingerprint density at radius 3 is 3.00 bits per heavy atom. The van der Waals surface area contributed by atoms with Gasteiger partial charge < -0.3 is 15.8 Å². The van der Waals surface area contributed by atoms with Crippen LogP contribution in [-0.4, -0.2) is 29.8 Å². The van der Waals surface area contributed by atoms with Crippen molar-refractivity contribution in [2.45, 2.75) is 0 Å². The number of nitrogens with zero attached hydrogens (tertiary/aromatic N) is 1. The molecule has 0 radical (unpaired) electrons. The molecule has 0 aliphatic carbocycles. The normalized spacial score (nSPS) is 9.50. The van der Waals surface area contributed by atoms with Gasteiger partial charge in [-0.15, -0.1) is 0 Å². The molecule has 1 amide bonds. The molecule has 4 N–H and O–H groups in total. The molecule has 0 aliphatic heterocycles. The maximum Gasteiger partial charge on any atom is 0.273 e. The topological polar surface area (TPSA) is 93.0 Å². The fourth-order valence-electron chi connectivity index (χ4n) is 1.61. The molecule has 0 saturated heterocycles. The summed E-state index contributed by atoms with van der Waals surface area (Å²) in [6, 6.07) is 6.85. The second kappa shape index (κ2) is 6.41. The Kier molecular flexibility index (Phi) is 4.37. The number of carbonyl (C=O) groups excluding carboxylic acids is 1. The molecular weight excluding hydrogens is 256 g/mol. The second-order valence-corrected chi connectivity index (χ2v) is 3.85. The molecule has 2 aromatic rings. The van der Waals surface area contributed by atoms with Gasteiger partial charge in [0, 0.05) is 11.8 Å². The molecule has 2 rings (SSSR count). The van der Waals surface area contributed by atoms with Crippen molar-refractivity contribution in [2.24, 2.45) is 5.73 Å². The van der Waals surface area contributed by atoms with Crippen LogP contribution in [0.4, 0.5) is 5.69 Å². The Morgan fingerprint density at radius 1 is 1.50 bits per heavy atom. The van der Waals surface area contributed by atoms with Crippen LogP contribution in [0.5, 0.6) is 5.75 Å². The van der Waals surface area contributed by atoms with Gasteiger partial charge in [0.2, 0.25) is 0 Å². The van der Waals surface area contributed by atoms with Crippen LogP contribution in [0.2, 0.25) is 0 Å². The Labute approximate surface area is 116 Å². The van der Waals surface area contributed by atoms with E-state index < -0.39 is 0 Å². The van der Waals surface area contributed by atoms with Gasteiger partial charge in [0.1, 0.15) is 11.4 Å². The van der Waals surface area contributed by atoms with Crippen molar-refractivity contribution < 1.29 is 9.53 Å². The van der Waals surface area contributed by atoms with Gasteiger partial charge in [0.15, 0.2) is 0 Å². The van der Waals surface area contributed by atoms with E-state index in [-0.39, 0.29) is 12.5 Å². The Hall–Kier alpha value is -2.78. The number of aromatic nitrogens is 2. The maximum atomic E-state index is 12.0. The molecule has 0 unspecified atom stereocenters. The van der Waals surface area contributed by atoms with E-state index in [1.807, 2.05) is 0 Å². The monoisotopic (exact) mass is 270 g/mol. The van der Waals surface area contributed by atoms with Crippen LogP contribution in [-0.2, 0) is 0 Å². The van der Waals surface area contributed by atoms with Crippen molar-refractivity contribution in [1.82, 2.24) is 10.2 Å². The SMILES string of the molecule is COc1ccc(C#CCN)cc1NC(=O)c1ccn[nH]1. The van der Waals surface area contributed by atoms with Gasteiger partial charge in [0.25, 0.3) is 5.91 Å². The molecule has 0 saturated carbocycles.